The van der Waals surface area contributed by atoms with Crippen LogP contribution in [-0.4, -0.2) is 12.6 Å². The van der Waals surface area contributed by atoms with Gasteiger partial charge in [-0.25, -0.2) is 0 Å². The van der Waals surface area contributed by atoms with Gasteiger partial charge in [-0.1, -0.05) is 13.3 Å². The van der Waals surface area contributed by atoms with E-state index < -0.39 is 0 Å². The molecule has 70 valence electrons. The second kappa shape index (κ2) is 12.7. The number of unbranched alkanes of at least 4 members (excludes halogenated alkanes) is 1. The first-order valence-corrected chi connectivity index (χ1v) is 3.46. The van der Waals surface area contributed by atoms with Gasteiger partial charge in [0.15, 0.2) is 0 Å². The van der Waals surface area contributed by atoms with E-state index >= 15 is 0 Å². The maximum absolute atomic E-state index is 10.6. The fraction of sp³-hybridized carbons (Fsp3) is 0.857. The molecule has 4 heteroatoms. The molecule has 2 nitrogen and oxygen atoms in total. The first kappa shape index (κ1) is 17.2. The Labute approximate surface area is 80.5 Å². The fourth-order valence-corrected chi connectivity index (χ4v) is 0.554. The van der Waals surface area contributed by atoms with Gasteiger partial charge in [-0.3, -0.25) is 4.79 Å². The minimum atomic E-state index is -0.0700. The Balaban J connectivity index is -0.000000320. The van der Waals surface area contributed by atoms with E-state index in [0.29, 0.717) is 13.0 Å². The topological polar surface area (TPSA) is 26.3 Å². The normalized spacial score (nSPS) is 7.45. The average molecular weight is 203 g/mol. The van der Waals surface area contributed by atoms with Crippen LogP contribution in [0.1, 0.15) is 33.1 Å². The highest BCUT2D eigenvalue weighted by molar-refractivity contribution is 5.85. The smallest absolute Gasteiger partial charge is 0.305 e. The standard InChI is InChI=1S/C7H14O2.2ClH/c1-3-5-6-7(8)9-4-2;;/h3-6H2,1-2H3;2*1H. The van der Waals surface area contributed by atoms with Crippen molar-refractivity contribution >= 4 is 30.8 Å². The number of carbonyl (C=O) groups excluding carboxylic acids is 1. The minimum Gasteiger partial charge on any atom is -0.466 e. The summed E-state index contributed by atoms with van der Waals surface area (Å²) in [5.41, 5.74) is 0. The number of ether oxygens (including phenoxy) is 1. The van der Waals surface area contributed by atoms with Crippen LogP contribution in [0.4, 0.5) is 0 Å². The summed E-state index contributed by atoms with van der Waals surface area (Å²) in [5, 5.41) is 0. The molecule has 0 N–H and O–H groups in total. The van der Waals surface area contributed by atoms with Crippen molar-refractivity contribution in [2.24, 2.45) is 0 Å². The molecule has 0 spiro atoms. The molecule has 0 aromatic carbocycles. The predicted molar refractivity (Wildman–Crippen MR) is 50.7 cm³/mol. The summed E-state index contributed by atoms with van der Waals surface area (Å²) in [6, 6.07) is 0. The number of hydrogen-bond acceptors (Lipinski definition) is 2. The Morgan fingerprint density at radius 2 is 1.82 bits per heavy atom. The van der Waals surface area contributed by atoms with Crippen molar-refractivity contribution in [1.82, 2.24) is 0 Å². The molecule has 0 rings (SSSR count). The Kier molecular flexibility index (Phi) is 19.9. The van der Waals surface area contributed by atoms with Crippen LogP contribution in [0.3, 0.4) is 0 Å². The van der Waals surface area contributed by atoms with Gasteiger partial charge in [-0.05, 0) is 13.3 Å². The number of halogens is 2. The molecule has 0 saturated heterocycles. The van der Waals surface area contributed by atoms with Gasteiger partial charge in [-0.15, -0.1) is 24.8 Å². The molecule has 0 bridgehead atoms. The van der Waals surface area contributed by atoms with Gasteiger partial charge in [0, 0.05) is 6.42 Å². The third kappa shape index (κ3) is 13.1. The highest BCUT2D eigenvalue weighted by Gasteiger charge is 1.97. The largest absolute Gasteiger partial charge is 0.466 e. The maximum atomic E-state index is 10.6. The van der Waals surface area contributed by atoms with Gasteiger partial charge in [-0.2, -0.15) is 0 Å². The van der Waals surface area contributed by atoms with Crippen LogP contribution in [0.2, 0.25) is 0 Å². The first-order chi connectivity index (χ1) is 4.31. The molecule has 0 aliphatic rings. The van der Waals surface area contributed by atoms with Crippen LogP contribution >= 0.6 is 24.8 Å². The molecule has 0 aromatic heterocycles. The number of rotatable bonds is 4. The Morgan fingerprint density at radius 1 is 1.27 bits per heavy atom. The number of hydrogen-bond donors (Lipinski definition) is 0. The van der Waals surface area contributed by atoms with Crippen LogP contribution < -0.4 is 0 Å². The van der Waals surface area contributed by atoms with E-state index in [4.69, 9.17) is 4.74 Å². The Morgan fingerprint density at radius 3 is 2.18 bits per heavy atom. The minimum absolute atomic E-state index is 0. The molecular weight excluding hydrogens is 187 g/mol. The summed E-state index contributed by atoms with van der Waals surface area (Å²) in [6.45, 7) is 4.38. The summed E-state index contributed by atoms with van der Waals surface area (Å²) < 4.78 is 4.70. The third-order valence-electron chi connectivity index (χ3n) is 1.04. The van der Waals surface area contributed by atoms with E-state index in [-0.39, 0.29) is 30.8 Å². The van der Waals surface area contributed by atoms with Crippen LogP contribution in [-0.2, 0) is 9.53 Å². The average Bonchev–Trinajstić information content (AvgIpc) is 1.85. The monoisotopic (exact) mass is 202 g/mol. The lowest BCUT2D eigenvalue weighted by Crippen LogP contribution is -2.02. The highest BCUT2D eigenvalue weighted by atomic mass is 35.5. The van der Waals surface area contributed by atoms with Crippen molar-refractivity contribution < 1.29 is 9.53 Å². The number of esters is 1. The second-order valence-corrected chi connectivity index (χ2v) is 1.91. The molecule has 0 amide bonds. The molecule has 0 saturated carbocycles. The zero-order valence-corrected chi connectivity index (χ0v) is 8.59. The highest BCUT2D eigenvalue weighted by Crippen LogP contribution is 1.95. The van der Waals surface area contributed by atoms with E-state index in [2.05, 4.69) is 6.92 Å². The molecule has 0 aliphatic heterocycles. The van der Waals surface area contributed by atoms with Crippen LogP contribution in [0.25, 0.3) is 0 Å². The van der Waals surface area contributed by atoms with Gasteiger partial charge < -0.3 is 4.74 Å². The lowest BCUT2D eigenvalue weighted by molar-refractivity contribution is -0.143. The fourth-order valence-electron chi connectivity index (χ4n) is 0.554. The molecule has 0 radical (unpaired) electrons. The first-order valence-electron chi connectivity index (χ1n) is 3.46. The van der Waals surface area contributed by atoms with Gasteiger partial charge >= 0.3 is 5.97 Å². The van der Waals surface area contributed by atoms with Crippen molar-refractivity contribution in [2.75, 3.05) is 6.61 Å². The van der Waals surface area contributed by atoms with Crippen LogP contribution in [0.15, 0.2) is 0 Å². The van der Waals surface area contributed by atoms with Crippen molar-refractivity contribution in [3.05, 3.63) is 0 Å². The molecule has 0 atom stereocenters. The molecule has 0 aromatic rings. The lowest BCUT2D eigenvalue weighted by atomic mass is 10.3. The second-order valence-electron chi connectivity index (χ2n) is 1.91. The van der Waals surface area contributed by atoms with E-state index in [1.165, 1.54) is 0 Å². The summed E-state index contributed by atoms with van der Waals surface area (Å²) in [7, 11) is 0. The zero-order chi connectivity index (χ0) is 7.11. The molecular formula is C7H16Cl2O2. The summed E-state index contributed by atoms with van der Waals surface area (Å²) in [4.78, 5) is 10.6. The van der Waals surface area contributed by atoms with Gasteiger partial charge in [0.25, 0.3) is 0 Å². The SMILES string of the molecule is CCCCC(=O)OCC.Cl.Cl. The summed E-state index contributed by atoms with van der Waals surface area (Å²) in [6.07, 6.45) is 2.57. The van der Waals surface area contributed by atoms with E-state index in [9.17, 15) is 4.79 Å². The van der Waals surface area contributed by atoms with Gasteiger partial charge in [0.05, 0.1) is 6.61 Å². The van der Waals surface area contributed by atoms with E-state index in [0.717, 1.165) is 12.8 Å². The van der Waals surface area contributed by atoms with Crippen molar-refractivity contribution in [3.63, 3.8) is 0 Å². The Bertz CT molecular complexity index is 86.5. The zero-order valence-electron chi connectivity index (χ0n) is 6.96. The van der Waals surface area contributed by atoms with Gasteiger partial charge in [0.1, 0.15) is 0 Å². The molecule has 0 heterocycles. The van der Waals surface area contributed by atoms with E-state index in [1.54, 1.807) is 0 Å². The van der Waals surface area contributed by atoms with Gasteiger partial charge in [0.2, 0.25) is 0 Å². The molecule has 0 unspecified atom stereocenters. The van der Waals surface area contributed by atoms with Crippen molar-refractivity contribution in [2.45, 2.75) is 33.1 Å². The molecule has 0 fully saturated rings. The lowest BCUT2D eigenvalue weighted by Gasteiger charge is -1.97. The van der Waals surface area contributed by atoms with Crippen LogP contribution in [0.5, 0.6) is 0 Å². The molecule has 0 aliphatic carbocycles. The maximum Gasteiger partial charge on any atom is 0.305 e. The van der Waals surface area contributed by atoms with Crippen molar-refractivity contribution in [1.29, 1.82) is 0 Å². The molecule has 11 heavy (non-hydrogen) atoms. The Hall–Kier alpha value is 0.0500. The van der Waals surface area contributed by atoms with Crippen molar-refractivity contribution in [3.8, 4) is 0 Å². The quantitative estimate of drug-likeness (QED) is 0.656. The summed E-state index contributed by atoms with van der Waals surface area (Å²) in [5.74, 6) is -0.0700. The van der Waals surface area contributed by atoms with Crippen LogP contribution in [0, 0.1) is 0 Å². The predicted octanol–water partition coefficient (Wildman–Crippen LogP) is 2.58. The number of carbonyl (C=O) groups is 1. The summed E-state index contributed by atoms with van der Waals surface area (Å²) >= 11 is 0. The third-order valence-corrected chi connectivity index (χ3v) is 1.04. The van der Waals surface area contributed by atoms with E-state index in [1.807, 2.05) is 6.92 Å².